The first-order valence-electron chi connectivity index (χ1n) is 12.0. The number of fused-ring (bicyclic) bond motifs is 1. The van der Waals surface area contributed by atoms with Crippen LogP contribution in [0.2, 0.25) is 5.02 Å². The number of amides is 2. The van der Waals surface area contributed by atoms with E-state index in [0.717, 1.165) is 5.56 Å². The number of hydrogen-bond acceptors (Lipinski definition) is 4. The van der Waals surface area contributed by atoms with E-state index >= 15 is 0 Å². The molecule has 2 amide bonds. The number of benzene rings is 3. The monoisotopic (exact) mass is 558 g/mol. The predicted molar refractivity (Wildman–Crippen MR) is 143 cm³/mol. The lowest BCUT2D eigenvalue weighted by Crippen LogP contribution is -2.27. The molecule has 1 heterocycles. The zero-order valence-corrected chi connectivity index (χ0v) is 22.2. The van der Waals surface area contributed by atoms with Gasteiger partial charge in [-0.1, -0.05) is 44.5 Å². The van der Waals surface area contributed by atoms with Crippen molar-refractivity contribution in [1.29, 1.82) is 0 Å². The Kier molecular flexibility index (Phi) is 7.87. The SMILES string of the molecule is CC(C)(C)CC(=O)NCc1ccc(Cl)c(C(=O)Nc2cccc3c2cnn3-c2ccc(OC(F)(F)F)cc2)c1. The smallest absolute Gasteiger partial charge is 0.406 e. The molecule has 0 saturated heterocycles. The summed E-state index contributed by atoms with van der Waals surface area (Å²) in [6.45, 7) is 6.18. The largest absolute Gasteiger partial charge is 0.573 e. The Labute approximate surface area is 227 Å². The lowest BCUT2D eigenvalue weighted by atomic mass is 9.92. The number of alkyl halides is 3. The Morgan fingerprint density at radius 3 is 2.41 bits per heavy atom. The molecule has 7 nitrogen and oxygen atoms in total. The molecule has 0 atom stereocenters. The number of halogens is 4. The van der Waals surface area contributed by atoms with Crippen LogP contribution < -0.4 is 15.4 Å². The van der Waals surface area contributed by atoms with Crippen molar-refractivity contribution in [3.05, 3.63) is 83.0 Å². The predicted octanol–water partition coefficient (Wildman–Crippen LogP) is 6.88. The second kappa shape index (κ2) is 11.0. The molecular weight excluding hydrogens is 533 g/mol. The van der Waals surface area contributed by atoms with Gasteiger partial charge in [-0.25, -0.2) is 4.68 Å². The summed E-state index contributed by atoms with van der Waals surface area (Å²) < 4.78 is 42.9. The van der Waals surface area contributed by atoms with E-state index in [1.54, 1.807) is 42.6 Å². The minimum atomic E-state index is -4.78. The van der Waals surface area contributed by atoms with E-state index in [2.05, 4.69) is 20.5 Å². The van der Waals surface area contributed by atoms with E-state index in [1.165, 1.54) is 28.9 Å². The van der Waals surface area contributed by atoms with Gasteiger partial charge in [-0.3, -0.25) is 9.59 Å². The van der Waals surface area contributed by atoms with Gasteiger partial charge < -0.3 is 15.4 Å². The zero-order valence-electron chi connectivity index (χ0n) is 21.4. The minimum Gasteiger partial charge on any atom is -0.406 e. The number of anilines is 1. The maximum absolute atomic E-state index is 13.2. The molecule has 0 aliphatic carbocycles. The first-order chi connectivity index (χ1) is 18.3. The highest BCUT2D eigenvalue weighted by Gasteiger charge is 2.31. The van der Waals surface area contributed by atoms with Gasteiger partial charge in [0, 0.05) is 18.4 Å². The third kappa shape index (κ3) is 7.29. The number of nitrogens with zero attached hydrogens (tertiary/aromatic N) is 2. The molecule has 0 spiro atoms. The number of rotatable bonds is 7. The van der Waals surface area contributed by atoms with Gasteiger partial charge in [-0.2, -0.15) is 5.10 Å². The van der Waals surface area contributed by atoms with Gasteiger partial charge >= 0.3 is 6.36 Å². The summed E-state index contributed by atoms with van der Waals surface area (Å²) in [5.41, 5.74) is 2.42. The second-order valence-corrected chi connectivity index (χ2v) is 10.5. The number of aromatic nitrogens is 2. The fraction of sp³-hybridized carbons (Fsp3) is 0.250. The summed E-state index contributed by atoms with van der Waals surface area (Å²) >= 11 is 6.32. The number of carbonyl (C=O) groups is 2. The van der Waals surface area contributed by atoms with Crippen molar-refractivity contribution in [2.45, 2.75) is 40.1 Å². The molecule has 0 bridgehead atoms. The Morgan fingerprint density at radius 1 is 1.03 bits per heavy atom. The highest BCUT2D eigenvalue weighted by Crippen LogP contribution is 2.29. The van der Waals surface area contributed by atoms with Crippen molar-refractivity contribution >= 4 is 40.0 Å². The van der Waals surface area contributed by atoms with Crippen molar-refractivity contribution in [2.75, 3.05) is 5.32 Å². The Morgan fingerprint density at radius 2 is 1.74 bits per heavy atom. The number of carbonyl (C=O) groups excluding carboxylic acids is 2. The van der Waals surface area contributed by atoms with E-state index < -0.39 is 12.3 Å². The lowest BCUT2D eigenvalue weighted by molar-refractivity contribution is -0.274. The minimum absolute atomic E-state index is 0.0883. The Bertz CT molecular complexity index is 1510. The highest BCUT2D eigenvalue weighted by atomic mass is 35.5. The van der Waals surface area contributed by atoms with Crippen LogP contribution in [0.3, 0.4) is 0 Å². The van der Waals surface area contributed by atoms with E-state index in [9.17, 15) is 22.8 Å². The second-order valence-electron chi connectivity index (χ2n) is 10.1. The highest BCUT2D eigenvalue weighted by molar-refractivity contribution is 6.34. The van der Waals surface area contributed by atoms with Crippen molar-refractivity contribution in [1.82, 2.24) is 15.1 Å². The average Bonchev–Trinajstić information content (AvgIpc) is 3.27. The van der Waals surface area contributed by atoms with Gasteiger partial charge in [0.05, 0.1) is 33.7 Å². The van der Waals surface area contributed by atoms with Crippen LogP contribution in [0, 0.1) is 5.41 Å². The number of ether oxygens (including phenoxy) is 1. The van der Waals surface area contributed by atoms with Crippen molar-refractivity contribution in [2.24, 2.45) is 5.41 Å². The van der Waals surface area contributed by atoms with Gasteiger partial charge in [0.25, 0.3) is 5.91 Å². The fourth-order valence-electron chi connectivity index (χ4n) is 3.95. The first kappa shape index (κ1) is 28.0. The molecule has 39 heavy (non-hydrogen) atoms. The van der Waals surface area contributed by atoms with Crippen LogP contribution >= 0.6 is 11.6 Å². The van der Waals surface area contributed by atoms with Crippen LogP contribution in [0.5, 0.6) is 5.75 Å². The molecule has 1 aromatic heterocycles. The normalized spacial score (nSPS) is 11.9. The molecule has 0 radical (unpaired) electrons. The molecule has 0 saturated carbocycles. The van der Waals surface area contributed by atoms with E-state index in [1.807, 2.05) is 20.8 Å². The van der Waals surface area contributed by atoms with E-state index in [-0.39, 0.29) is 34.2 Å². The molecule has 204 valence electrons. The average molecular weight is 559 g/mol. The third-order valence-corrected chi connectivity index (χ3v) is 5.96. The topological polar surface area (TPSA) is 85.3 Å². The van der Waals surface area contributed by atoms with Crippen LogP contribution in [0.1, 0.15) is 43.1 Å². The Balaban J connectivity index is 1.52. The summed E-state index contributed by atoms with van der Waals surface area (Å²) in [5, 5.41) is 10.9. The summed E-state index contributed by atoms with van der Waals surface area (Å²) in [4.78, 5) is 25.4. The van der Waals surface area contributed by atoms with Crippen molar-refractivity contribution in [3.8, 4) is 11.4 Å². The van der Waals surface area contributed by atoms with Crippen LogP contribution in [-0.2, 0) is 11.3 Å². The quantitative estimate of drug-likeness (QED) is 0.259. The zero-order chi connectivity index (χ0) is 28.4. The van der Waals surface area contributed by atoms with E-state index in [4.69, 9.17) is 11.6 Å². The van der Waals surface area contributed by atoms with Gasteiger partial charge in [-0.15, -0.1) is 13.2 Å². The van der Waals surface area contributed by atoms with Gasteiger partial charge in [0.2, 0.25) is 5.91 Å². The molecule has 0 fully saturated rings. The summed E-state index contributed by atoms with van der Waals surface area (Å²) in [7, 11) is 0. The van der Waals surface area contributed by atoms with E-state index in [0.29, 0.717) is 28.7 Å². The lowest BCUT2D eigenvalue weighted by Gasteiger charge is -2.17. The molecular formula is C28H26ClF3N4O3. The third-order valence-electron chi connectivity index (χ3n) is 5.63. The van der Waals surface area contributed by atoms with Crippen LogP contribution in [0.25, 0.3) is 16.6 Å². The maximum Gasteiger partial charge on any atom is 0.573 e. The molecule has 2 N–H and O–H groups in total. The van der Waals surface area contributed by atoms with Crippen molar-refractivity contribution < 1.29 is 27.5 Å². The van der Waals surface area contributed by atoms with Crippen molar-refractivity contribution in [3.63, 3.8) is 0 Å². The fourth-order valence-corrected chi connectivity index (χ4v) is 4.15. The molecule has 4 rings (SSSR count). The maximum atomic E-state index is 13.2. The molecule has 4 aromatic rings. The summed E-state index contributed by atoms with van der Waals surface area (Å²) in [6, 6.07) is 15.5. The summed E-state index contributed by atoms with van der Waals surface area (Å²) in [5.74, 6) is -0.880. The first-order valence-corrected chi connectivity index (χ1v) is 12.4. The molecule has 0 unspecified atom stereocenters. The summed E-state index contributed by atoms with van der Waals surface area (Å²) in [6.07, 6.45) is -2.86. The number of hydrogen-bond donors (Lipinski definition) is 2. The van der Waals surface area contributed by atoms with Gasteiger partial charge in [0.15, 0.2) is 0 Å². The Hall–Kier alpha value is -4.05. The molecule has 11 heteroatoms. The standard InChI is InChI=1S/C28H26ClF3N4O3/c1-27(2,3)14-25(37)33-15-17-7-12-22(29)20(13-17)26(38)35-23-5-4-6-24-21(23)16-34-36(24)18-8-10-19(11-9-18)39-28(30,31)32/h4-13,16H,14-15H2,1-3H3,(H,33,37)(H,35,38). The molecule has 0 aliphatic heterocycles. The van der Waals surface area contributed by atoms with Crippen LogP contribution in [0.4, 0.5) is 18.9 Å². The van der Waals surface area contributed by atoms with Crippen LogP contribution in [0.15, 0.2) is 66.9 Å². The van der Waals surface area contributed by atoms with Gasteiger partial charge in [0.1, 0.15) is 5.75 Å². The number of nitrogens with one attached hydrogen (secondary N) is 2. The van der Waals surface area contributed by atoms with Crippen LogP contribution in [-0.4, -0.2) is 28.0 Å². The molecule has 3 aromatic carbocycles. The van der Waals surface area contributed by atoms with Gasteiger partial charge in [-0.05, 0) is 59.5 Å². The molecule has 0 aliphatic rings.